The van der Waals surface area contributed by atoms with Gasteiger partial charge in [0.25, 0.3) is 5.91 Å². The van der Waals surface area contributed by atoms with E-state index in [9.17, 15) is 26.4 Å². The molecule has 1 aromatic carbocycles. The van der Waals surface area contributed by atoms with Crippen molar-refractivity contribution in [2.75, 3.05) is 17.7 Å². The second-order valence-corrected chi connectivity index (χ2v) is 6.95. The van der Waals surface area contributed by atoms with Crippen LogP contribution in [0.5, 0.6) is 0 Å². The van der Waals surface area contributed by atoms with Crippen LogP contribution >= 0.6 is 0 Å². The molecule has 0 fully saturated rings. The fourth-order valence-electron chi connectivity index (χ4n) is 1.75. The summed E-state index contributed by atoms with van der Waals surface area (Å²) in [5, 5.41) is 2.32. The summed E-state index contributed by atoms with van der Waals surface area (Å²) < 4.78 is 60.2. The van der Waals surface area contributed by atoms with Gasteiger partial charge in [0.1, 0.15) is 9.84 Å². The van der Waals surface area contributed by atoms with E-state index in [1.54, 1.807) is 0 Å². The fourth-order valence-corrected chi connectivity index (χ4v) is 2.74. The van der Waals surface area contributed by atoms with E-state index in [1.165, 1.54) is 6.92 Å². The number of amides is 1. The number of anilines is 1. The van der Waals surface area contributed by atoms with Gasteiger partial charge >= 0.3 is 6.18 Å². The highest BCUT2D eigenvalue weighted by Crippen LogP contribution is 2.33. The molecule has 0 aliphatic heterocycles. The van der Waals surface area contributed by atoms with Crippen LogP contribution in [0.3, 0.4) is 0 Å². The number of halogens is 3. The first-order valence-corrected chi connectivity index (χ1v) is 7.91. The summed E-state index contributed by atoms with van der Waals surface area (Å²) in [4.78, 5) is 11.8. The number of carbonyl (C=O) groups excluding carboxylic acids is 1. The van der Waals surface area contributed by atoms with Crippen LogP contribution in [0, 0.1) is 0 Å². The van der Waals surface area contributed by atoms with Crippen LogP contribution in [0.15, 0.2) is 18.2 Å². The number of alkyl halides is 3. The number of benzene rings is 1. The number of rotatable bonds is 4. The first-order chi connectivity index (χ1) is 9.40. The Labute approximate surface area is 120 Å². The molecule has 0 spiro atoms. The maximum atomic E-state index is 12.7. The Balaban J connectivity index is 2.94. The molecule has 1 unspecified atom stereocenters. The summed E-state index contributed by atoms with van der Waals surface area (Å²) in [7, 11) is -3.30. The van der Waals surface area contributed by atoms with Gasteiger partial charge in [-0.1, -0.05) is 0 Å². The summed E-state index contributed by atoms with van der Waals surface area (Å²) in [6.45, 7) is 1.45. The highest BCUT2D eigenvalue weighted by molar-refractivity contribution is 7.90. The smallest absolute Gasteiger partial charge is 0.398 e. The number of nitrogen functional groups attached to an aromatic ring is 1. The molecule has 21 heavy (non-hydrogen) atoms. The third kappa shape index (κ3) is 5.25. The van der Waals surface area contributed by atoms with E-state index in [0.717, 1.165) is 18.4 Å². The first-order valence-electron chi connectivity index (χ1n) is 5.85. The summed E-state index contributed by atoms with van der Waals surface area (Å²) in [5.74, 6) is -1.10. The van der Waals surface area contributed by atoms with Gasteiger partial charge in [-0.3, -0.25) is 4.79 Å². The van der Waals surface area contributed by atoms with Crippen molar-refractivity contribution in [3.63, 3.8) is 0 Å². The predicted molar refractivity (Wildman–Crippen MR) is 72.5 cm³/mol. The minimum absolute atomic E-state index is 0.239. The summed E-state index contributed by atoms with van der Waals surface area (Å²) in [6.07, 6.45) is -3.67. The van der Waals surface area contributed by atoms with Crippen molar-refractivity contribution in [3.8, 4) is 0 Å². The zero-order valence-corrected chi connectivity index (χ0v) is 12.2. The molecule has 3 N–H and O–H groups in total. The average Bonchev–Trinajstić information content (AvgIpc) is 2.24. The normalized spacial score (nSPS) is 13.8. The Kier molecular flexibility index (Phi) is 4.87. The van der Waals surface area contributed by atoms with Gasteiger partial charge in [0.05, 0.1) is 11.3 Å². The molecule has 5 nitrogen and oxygen atoms in total. The Hall–Kier alpha value is -1.77. The minimum Gasteiger partial charge on any atom is -0.398 e. The molecule has 0 radical (unpaired) electrons. The Bertz CT molecular complexity index is 642. The van der Waals surface area contributed by atoms with Gasteiger partial charge in [0, 0.05) is 23.5 Å². The molecule has 0 heterocycles. The molecule has 0 saturated heterocycles. The largest absolute Gasteiger partial charge is 0.418 e. The van der Waals surface area contributed by atoms with Crippen LogP contribution in [-0.4, -0.2) is 32.4 Å². The summed E-state index contributed by atoms with van der Waals surface area (Å²) in [6, 6.07) is 2.04. The molecule has 0 bridgehead atoms. The number of nitrogens with one attached hydrogen (secondary N) is 1. The quantitative estimate of drug-likeness (QED) is 0.821. The van der Waals surface area contributed by atoms with Gasteiger partial charge < -0.3 is 11.1 Å². The number of hydrogen-bond donors (Lipinski definition) is 2. The van der Waals surface area contributed by atoms with E-state index < -0.39 is 39.2 Å². The molecule has 1 amide bonds. The van der Waals surface area contributed by atoms with Crippen molar-refractivity contribution >= 4 is 21.4 Å². The zero-order chi connectivity index (χ0) is 16.4. The molecular formula is C12H15F3N2O3S. The lowest BCUT2D eigenvalue weighted by Crippen LogP contribution is -2.37. The highest BCUT2D eigenvalue weighted by atomic mass is 32.2. The molecule has 0 saturated carbocycles. The fraction of sp³-hybridized carbons (Fsp3) is 0.417. The monoisotopic (exact) mass is 324 g/mol. The third-order valence-corrected chi connectivity index (χ3v) is 3.66. The molecule has 0 aliphatic rings. The van der Waals surface area contributed by atoms with Gasteiger partial charge in [0.2, 0.25) is 0 Å². The second kappa shape index (κ2) is 5.92. The van der Waals surface area contributed by atoms with E-state index in [2.05, 4.69) is 5.32 Å². The minimum atomic E-state index is -4.67. The Morgan fingerprint density at radius 2 is 1.95 bits per heavy atom. The van der Waals surface area contributed by atoms with Crippen LogP contribution in [0.25, 0.3) is 0 Å². The average molecular weight is 324 g/mol. The first kappa shape index (κ1) is 17.3. The molecule has 1 aromatic rings. The van der Waals surface area contributed by atoms with Crippen molar-refractivity contribution in [3.05, 3.63) is 29.3 Å². The summed E-state index contributed by atoms with van der Waals surface area (Å²) in [5.41, 5.74) is 3.40. The van der Waals surface area contributed by atoms with Crippen LogP contribution in [-0.2, 0) is 16.0 Å². The standard InChI is InChI=1S/C12H15F3N2O3S/c1-7(6-21(2,19)20)17-11(18)8-3-4-10(16)9(5-8)12(13,14)15/h3-5,7H,6,16H2,1-2H3,(H,17,18). The van der Waals surface area contributed by atoms with E-state index in [1.807, 2.05) is 0 Å². The Morgan fingerprint density at radius 1 is 1.38 bits per heavy atom. The van der Waals surface area contributed by atoms with Crippen LogP contribution in [0.2, 0.25) is 0 Å². The van der Waals surface area contributed by atoms with Gasteiger partial charge in [-0.2, -0.15) is 13.2 Å². The van der Waals surface area contributed by atoms with Crippen LogP contribution in [0.1, 0.15) is 22.8 Å². The molecule has 0 aliphatic carbocycles. The van der Waals surface area contributed by atoms with E-state index in [-0.39, 0.29) is 11.3 Å². The zero-order valence-electron chi connectivity index (χ0n) is 11.4. The molecule has 1 rings (SSSR count). The van der Waals surface area contributed by atoms with Crippen LogP contribution in [0.4, 0.5) is 18.9 Å². The van der Waals surface area contributed by atoms with Gasteiger partial charge in [-0.05, 0) is 25.1 Å². The third-order valence-electron chi connectivity index (χ3n) is 2.55. The van der Waals surface area contributed by atoms with E-state index in [4.69, 9.17) is 5.73 Å². The van der Waals surface area contributed by atoms with E-state index in [0.29, 0.717) is 6.07 Å². The molecular weight excluding hydrogens is 309 g/mol. The van der Waals surface area contributed by atoms with Crippen molar-refractivity contribution in [2.24, 2.45) is 0 Å². The lowest BCUT2D eigenvalue weighted by atomic mass is 10.1. The number of carbonyl (C=O) groups is 1. The highest BCUT2D eigenvalue weighted by Gasteiger charge is 2.33. The molecule has 1 atom stereocenters. The van der Waals surface area contributed by atoms with Crippen molar-refractivity contribution in [2.45, 2.75) is 19.1 Å². The van der Waals surface area contributed by atoms with Gasteiger partial charge in [0.15, 0.2) is 0 Å². The maximum Gasteiger partial charge on any atom is 0.418 e. The topological polar surface area (TPSA) is 89.3 Å². The van der Waals surface area contributed by atoms with Crippen LogP contribution < -0.4 is 11.1 Å². The molecule has 0 aromatic heterocycles. The van der Waals surface area contributed by atoms with Crippen molar-refractivity contribution in [1.29, 1.82) is 0 Å². The SMILES string of the molecule is CC(CS(C)(=O)=O)NC(=O)c1ccc(N)c(C(F)(F)F)c1. The predicted octanol–water partition coefficient (Wildman–Crippen LogP) is 1.45. The molecule has 118 valence electrons. The molecule has 9 heteroatoms. The van der Waals surface area contributed by atoms with Crippen molar-refractivity contribution < 1.29 is 26.4 Å². The lowest BCUT2D eigenvalue weighted by Gasteiger charge is -2.15. The number of hydrogen-bond acceptors (Lipinski definition) is 4. The lowest BCUT2D eigenvalue weighted by molar-refractivity contribution is -0.136. The van der Waals surface area contributed by atoms with Gasteiger partial charge in [-0.25, -0.2) is 8.42 Å². The van der Waals surface area contributed by atoms with Gasteiger partial charge in [-0.15, -0.1) is 0 Å². The second-order valence-electron chi connectivity index (χ2n) is 4.77. The number of nitrogens with two attached hydrogens (primary N) is 1. The number of sulfone groups is 1. The Morgan fingerprint density at radius 3 is 2.43 bits per heavy atom. The maximum absolute atomic E-state index is 12.7. The van der Waals surface area contributed by atoms with E-state index >= 15 is 0 Å². The summed E-state index contributed by atoms with van der Waals surface area (Å²) >= 11 is 0. The van der Waals surface area contributed by atoms with Crippen molar-refractivity contribution in [1.82, 2.24) is 5.32 Å².